The van der Waals surface area contributed by atoms with Gasteiger partial charge < -0.3 is 10.3 Å². The molecule has 42 heavy (non-hydrogen) atoms. The molecule has 0 saturated carbocycles. The standard InChI is InChI=1S/C33H26N8S/c1-19(2)28-9-10-29(42-28)32-31-25(11-12-35-32)38-33(39-31)30-24-15-26(36-18-27(24)40-41-30)22-14-23(17-34-16-22)37-20(3)13-21-7-5-4-6-8-21/h4-12,14-18,37H,1,3,13H2,2H3,(H,38,39)(H,40,41). The minimum absolute atomic E-state index is 0.657. The van der Waals surface area contributed by atoms with E-state index in [0.29, 0.717) is 11.5 Å². The predicted octanol–water partition coefficient (Wildman–Crippen LogP) is 7.89. The van der Waals surface area contributed by atoms with E-state index in [9.17, 15) is 0 Å². The zero-order chi connectivity index (χ0) is 28.6. The molecular weight excluding hydrogens is 540 g/mol. The summed E-state index contributed by atoms with van der Waals surface area (Å²) >= 11 is 1.66. The Hall–Kier alpha value is -5.41. The van der Waals surface area contributed by atoms with Gasteiger partial charge in [0.05, 0.1) is 39.7 Å². The van der Waals surface area contributed by atoms with Crippen molar-refractivity contribution in [3.05, 3.63) is 115 Å². The second kappa shape index (κ2) is 10.5. The number of pyridine rings is 3. The number of H-pyrrole nitrogens is 2. The molecule has 0 saturated heterocycles. The lowest BCUT2D eigenvalue weighted by Gasteiger charge is -2.11. The number of thiophene rings is 1. The third kappa shape index (κ3) is 4.86. The van der Waals surface area contributed by atoms with E-state index in [0.717, 1.165) is 72.0 Å². The number of hydrogen-bond donors (Lipinski definition) is 3. The molecule has 0 amide bonds. The SMILES string of the molecule is C=C(Cc1ccccc1)Nc1cncc(-c2cc3c(-c4nc5c(-c6ccc(C(=C)C)s6)nccc5[nH]4)n[nH]c3cn2)c1. The first kappa shape index (κ1) is 25.6. The number of nitrogens with one attached hydrogen (secondary N) is 3. The van der Waals surface area contributed by atoms with Crippen LogP contribution in [0.5, 0.6) is 0 Å². The van der Waals surface area contributed by atoms with Gasteiger partial charge in [-0.2, -0.15) is 5.10 Å². The number of imidazole rings is 1. The number of aromatic amines is 2. The number of fused-ring (bicyclic) bond motifs is 2. The topological polar surface area (TPSA) is 108 Å². The molecule has 0 aliphatic heterocycles. The van der Waals surface area contributed by atoms with Crippen LogP contribution >= 0.6 is 11.3 Å². The molecule has 0 unspecified atom stereocenters. The lowest BCUT2D eigenvalue weighted by molar-refractivity contribution is 1.10. The lowest BCUT2D eigenvalue weighted by atomic mass is 10.1. The van der Waals surface area contributed by atoms with Crippen LogP contribution in [0.1, 0.15) is 17.4 Å². The molecule has 0 aliphatic rings. The highest BCUT2D eigenvalue weighted by atomic mass is 32.1. The van der Waals surface area contributed by atoms with Crippen LogP contribution in [-0.2, 0) is 6.42 Å². The monoisotopic (exact) mass is 566 g/mol. The summed E-state index contributed by atoms with van der Waals surface area (Å²) in [5, 5.41) is 12.0. The Morgan fingerprint density at radius 1 is 0.929 bits per heavy atom. The largest absolute Gasteiger partial charge is 0.358 e. The fourth-order valence-corrected chi connectivity index (χ4v) is 5.85. The lowest BCUT2D eigenvalue weighted by Crippen LogP contribution is -2.02. The van der Waals surface area contributed by atoms with Crippen molar-refractivity contribution in [3.8, 4) is 33.3 Å². The molecule has 0 bridgehead atoms. The van der Waals surface area contributed by atoms with Crippen LogP contribution in [0, 0.1) is 0 Å². The van der Waals surface area contributed by atoms with Gasteiger partial charge in [-0.3, -0.25) is 20.1 Å². The van der Waals surface area contributed by atoms with E-state index in [2.05, 4.69) is 72.9 Å². The summed E-state index contributed by atoms with van der Waals surface area (Å²) < 4.78 is 0. The summed E-state index contributed by atoms with van der Waals surface area (Å²) in [6.07, 6.45) is 7.90. The highest BCUT2D eigenvalue weighted by Crippen LogP contribution is 2.35. The quantitative estimate of drug-likeness (QED) is 0.173. The molecule has 7 aromatic rings. The van der Waals surface area contributed by atoms with Gasteiger partial charge in [-0.15, -0.1) is 11.3 Å². The van der Waals surface area contributed by atoms with Gasteiger partial charge in [0.2, 0.25) is 0 Å². The molecular formula is C33H26N8S. The van der Waals surface area contributed by atoms with E-state index >= 15 is 0 Å². The summed E-state index contributed by atoms with van der Waals surface area (Å²) in [6, 6.07) is 20.4. The van der Waals surface area contributed by atoms with Crippen LogP contribution in [0.3, 0.4) is 0 Å². The summed E-state index contributed by atoms with van der Waals surface area (Å²) in [6.45, 7) is 10.3. The van der Waals surface area contributed by atoms with Crippen LogP contribution in [0.15, 0.2) is 104 Å². The van der Waals surface area contributed by atoms with E-state index in [1.807, 2.05) is 43.3 Å². The molecule has 0 spiro atoms. The van der Waals surface area contributed by atoms with Crippen LogP contribution in [0.4, 0.5) is 5.69 Å². The number of rotatable bonds is 8. The zero-order valence-corrected chi connectivity index (χ0v) is 23.7. The van der Waals surface area contributed by atoms with Gasteiger partial charge in [0, 0.05) is 40.3 Å². The number of aromatic nitrogens is 7. The fourth-order valence-electron chi connectivity index (χ4n) is 4.92. The number of hydrogen-bond acceptors (Lipinski definition) is 7. The van der Waals surface area contributed by atoms with Crippen molar-refractivity contribution in [2.75, 3.05) is 5.32 Å². The van der Waals surface area contributed by atoms with Crippen molar-refractivity contribution in [1.29, 1.82) is 0 Å². The van der Waals surface area contributed by atoms with Crippen molar-refractivity contribution in [2.24, 2.45) is 0 Å². The fraction of sp³-hybridized carbons (Fsp3) is 0.0606. The molecule has 7 rings (SSSR count). The van der Waals surface area contributed by atoms with Crippen LogP contribution in [-0.4, -0.2) is 35.1 Å². The minimum Gasteiger partial charge on any atom is -0.358 e. The maximum Gasteiger partial charge on any atom is 0.159 e. The molecule has 6 heterocycles. The second-order valence-corrected chi connectivity index (χ2v) is 11.2. The second-order valence-electron chi connectivity index (χ2n) is 10.1. The van der Waals surface area contributed by atoms with Gasteiger partial charge in [0.15, 0.2) is 5.82 Å². The molecule has 0 atom stereocenters. The van der Waals surface area contributed by atoms with E-state index in [1.54, 1.807) is 36.1 Å². The maximum absolute atomic E-state index is 4.95. The van der Waals surface area contributed by atoms with Gasteiger partial charge in [0.1, 0.15) is 16.9 Å². The number of benzene rings is 1. The number of anilines is 1. The Kier molecular flexibility index (Phi) is 6.41. The zero-order valence-electron chi connectivity index (χ0n) is 22.8. The van der Waals surface area contributed by atoms with Crippen LogP contribution in [0.2, 0.25) is 0 Å². The molecule has 9 heteroatoms. The van der Waals surface area contributed by atoms with Crippen LogP contribution in [0.25, 0.3) is 60.9 Å². The van der Waals surface area contributed by atoms with Gasteiger partial charge in [-0.1, -0.05) is 43.5 Å². The molecule has 0 aliphatic carbocycles. The Labute approximate surface area is 246 Å². The molecule has 1 aromatic carbocycles. The van der Waals surface area contributed by atoms with Gasteiger partial charge >= 0.3 is 0 Å². The average Bonchev–Trinajstić information content (AvgIpc) is 3.75. The van der Waals surface area contributed by atoms with Crippen molar-refractivity contribution < 1.29 is 0 Å². The number of allylic oxidation sites excluding steroid dienone is 2. The Morgan fingerprint density at radius 2 is 1.81 bits per heavy atom. The smallest absolute Gasteiger partial charge is 0.159 e. The first-order valence-corrected chi connectivity index (χ1v) is 14.2. The first-order valence-electron chi connectivity index (χ1n) is 13.4. The van der Waals surface area contributed by atoms with Crippen molar-refractivity contribution >= 4 is 44.5 Å². The third-order valence-corrected chi connectivity index (χ3v) is 8.20. The summed E-state index contributed by atoms with van der Waals surface area (Å²) in [7, 11) is 0. The number of nitrogens with zero attached hydrogens (tertiary/aromatic N) is 5. The normalized spacial score (nSPS) is 11.3. The van der Waals surface area contributed by atoms with E-state index in [-0.39, 0.29) is 0 Å². The molecule has 204 valence electrons. The third-order valence-electron chi connectivity index (χ3n) is 6.95. The highest BCUT2D eigenvalue weighted by Gasteiger charge is 2.18. The summed E-state index contributed by atoms with van der Waals surface area (Å²) in [4.78, 5) is 24.3. The highest BCUT2D eigenvalue weighted by molar-refractivity contribution is 7.16. The van der Waals surface area contributed by atoms with Gasteiger partial charge in [-0.25, -0.2) is 4.98 Å². The van der Waals surface area contributed by atoms with Crippen LogP contribution < -0.4 is 5.32 Å². The van der Waals surface area contributed by atoms with Gasteiger partial charge in [0.25, 0.3) is 0 Å². The Bertz CT molecular complexity index is 2100. The summed E-state index contributed by atoms with van der Waals surface area (Å²) in [5.74, 6) is 0.657. The maximum atomic E-state index is 4.95. The molecule has 3 N–H and O–H groups in total. The Balaban J connectivity index is 1.21. The van der Waals surface area contributed by atoms with E-state index in [4.69, 9.17) is 4.98 Å². The van der Waals surface area contributed by atoms with E-state index < -0.39 is 0 Å². The van der Waals surface area contributed by atoms with Crippen molar-refractivity contribution in [2.45, 2.75) is 13.3 Å². The Morgan fingerprint density at radius 3 is 2.64 bits per heavy atom. The molecule has 8 nitrogen and oxygen atoms in total. The minimum atomic E-state index is 0.657. The predicted molar refractivity (Wildman–Crippen MR) is 171 cm³/mol. The van der Waals surface area contributed by atoms with Crippen molar-refractivity contribution in [1.82, 2.24) is 35.1 Å². The first-order chi connectivity index (χ1) is 20.5. The van der Waals surface area contributed by atoms with E-state index in [1.165, 1.54) is 5.56 Å². The van der Waals surface area contributed by atoms with Gasteiger partial charge in [-0.05, 0) is 48.4 Å². The van der Waals surface area contributed by atoms with Crippen molar-refractivity contribution in [3.63, 3.8) is 0 Å². The molecule has 0 radical (unpaired) electrons. The molecule has 0 fully saturated rings. The average molecular weight is 567 g/mol. The molecule has 6 aromatic heterocycles. The summed E-state index contributed by atoms with van der Waals surface area (Å²) in [5.41, 5.74) is 9.67.